The molecular formula is C16H21F3O. The van der Waals surface area contributed by atoms with E-state index in [0.29, 0.717) is 6.42 Å². The van der Waals surface area contributed by atoms with Gasteiger partial charge in [-0.15, -0.1) is 0 Å². The molecule has 0 radical (unpaired) electrons. The van der Waals surface area contributed by atoms with Crippen LogP contribution in [0.5, 0.6) is 0 Å². The van der Waals surface area contributed by atoms with Crippen LogP contribution in [0.1, 0.15) is 44.2 Å². The molecule has 0 aliphatic heterocycles. The Morgan fingerprint density at radius 1 is 1.25 bits per heavy atom. The van der Waals surface area contributed by atoms with Crippen LogP contribution in [0, 0.1) is 11.3 Å². The molecule has 0 aromatic heterocycles. The Bertz CT molecular complexity index is 448. The second kappa shape index (κ2) is 5.40. The fourth-order valence-corrected chi connectivity index (χ4v) is 3.28. The molecule has 0 spiro atoms. The van der Waals surface area contributed by atoms with Gasteiger partial charge in [-0.3, -0.25) is 0 Å². The van der Waals surface area contributed by atoms with Gasteiger partial charge in [0.2, 0.25) is 0 Å². The quantitative estimate of drug-likeness (QED) is 0.871. The molecule has 0 amide bonds. The number of aliphatic hydroxyl groups excluding tert-OH is 1. The number of alkyl halides is 3. The van der Waals surface area contributed by atoms with Crippen molar-refractivity contribution in [2.75, 3.05) is 0 Å². The molecule has 1 aromatic rings. The van der Waals surface area contributed by atoms with Crippen molar-refractivity contribution in [2.45, 2.75) is 51.8 Å². The van der Waals surface area contributed by atoms with Crippen molar-refractivity contribution in [3.63, 3.8) is 0 Å². The lowest BCUT2D eigenvalue weighted by Gasteiger charge is -2.31. The van der Waals surface area contributed by atoms with Gasteiger partial charge in [-0.1, -0.05) is 32.4 Å². The molecule has 0 heterocycles. The summed E-state index contributed by atoms with van der Waals surface area (Å²) in [5.41, 5.74) is 0.232. The van der Waals surface area contributed by atoms with Gasteiger partial charge in [0, 0.05) is 0 Å². The summed E-state index contributed by atoms with van der Waals surface area (Å²) in [6.45, 7) is 4.31. The van der Waals surface area contributed by atoms with Gasteiger partial charge in [0.15, 0.2) is 0 Å². The second-order valence-electron chi connectivity index (χ2n) is 6.45. The van der Waals surface area contributed by atoms with Crippen molar-refractivity contribution < 1.29 is 18.3 Å². The van der Waals surface area contributed by atoms with E-state index in [1.54, 1.807) is 0 Å². The highest BCUT2D eigenvalue weighted by Crippen LogP contribution is 2.45. The lowest BCUT2D eigenvalue weighted by Crippen LogP contribution is -2.31. The summed E-state index contributed by atoms with van der Waals surface area (Å²) >= 11 is 0. The number of hydrogen-bond acceptors (Lipinski definition) is 1. The third-order valence-corrected chi connectivity index (χ3v) is 4.53. The summed E-state index contributed by atoms with van der Waals surface area (Å²) in [6.07, 6.45) is -1.15. The first-order valence-corrected chi connectivity index (χ1v) is 7.04. The minimum absolute atomic E-state index is 0.116. The molecule has 2 rings (SSSR count). The maximum Gasteiger partial charge on any atom is 0.416 e. The largest absolute Gasteiger partial charge is 0.416 e. The van der Waals surface area contributed by atoms with Gasteiger partial charge in [-0.25, -0.2) is 0 Å². The highest BCUT2D eigenvalue weighted by atomic mass is 19.4. The molecule has 20 heavy (non-hydrogen) atoms. The number of rotatable bonds is 3. The van der Waals surface area contributed by atoms with E-state index in [0.717, 1.165) is 37.0 Å². The van der Waals surface area contributed by atoms with Crippen LogP contribution >= 0.6 is 0 Å². The fourth-order valence-electron chi connectivity index (χ4n) is 3.28. The summed E-state index contributed by atoms with van der Waals surface area (Å²) in [7, 11) is 0. The minimum atomic E-state index is -4.30. The van der Waals surface area contributed by atoms with E-state index in [-0.39, 0.29) is 11.3 Å². The topological polar surface area (TPSA) is 20.2 Å². The average molecular weight is 286 g/mol. The van der Waals surface area contributed by atoms with Gasteiger partial charge in [-0.2, -0.15) is 13.2 Å². The first-order chi connectivity index (χ1) is 9.20. The maximum absolute atomic E-state index is 12.5. The number of hydrogen-bond donors (Lipinski definition) is 1. The molecule has 112 valence electrons. The normalized spacial score (nSPS) is 23.8. The maximum atomic E-state index is 12.5. The van der Waals surface area contributed by atoms with Crippen molar-refractivity contribution in [3.05, 3.63) is 35.4 Å². The molecule has 1 saturated carbocycles. The smallest absolute Gasteiger partial charge is 0.392 e. The molecule has 1 aliphatic carbocycles. The van der Waals surface area contributed by atoms with Gasteiger partial charge < -0.3 is 5.11 Å². The fraction of sp³-hybridized carbons (Fsp3) is 0.625. The minimum Gasteiger partial charge on any atom is -0.392 e. The zero-order valence-corrected chi connectivity index (χ0v) is 11.9. The summed E-state index contributed by atoms with van der Waals surface area (Å²) in [5, 5.41) is 10.3. The highest BCUT2D eigenvalue weighted by Gasteiger charge is 2.38. The van der Waals surface area contributed by atoms with Crippen LogP contribution in [-0.2, 0) is 12.6 Å². The van der Waals surface area contributed by atoms with Crippen LogP contribution in [0.25, 0.3) is 0 Å². The Kier molecular flexibility index (Phi) is 4.14. The van der Waals surface area contributed by atoms with Crippen LogP contribution in [0.3, 0.4) is 0 Å². The van der Waals surface area contributed by atoms with E-state index in [1.807, 2.05) is 0 Å². The summed E-state index contributed by atoms with van der Waals surface area (Å²) in [4.78, 5) is 0. The molecule has 0 saturated heterocycles. The molecule has 1 N–H and O–H groups in total. The molecule has 1 aliphatic rings. The molecule has 1 nitrogen and oxygen atoms in total. The van der Waals surface area contributed by atoms with E-state index >= 15 is 0 Å². The Labute approximate surface area is 117 Å². The average Bonchev–Trinajstić information content (AvgIpc) is 2.68. The predicted molar refractivity (Wildman–Crippen MR) is 72.3 cm³/mol. The van der Waals surface area contributed by atoms with E-state index in [1.165, 1.54) is 12.1 Å². The zero-order chi connectivity index (χ0) is 15.0. The van der Waals surface area contributed by atoms with Crippen LogP contribution < -0.4 is 0 Å². The molecular weight excluding hydrogens is 265 g/mol. The van der Waals surface area contributed by atoms with Gasteiger partial charge in [0.1, 0.15) is 0 Å². The van der Waals surface area contributed by atoms with Gasteiger partial charge in [0.05, 0.1) is 11.7 Å². The number of halogens is 3. The molecule has 2 atom stereocenters. The van der Waals surface area contributed by atoms with Crippen LogP contribution in [0.4, 0.5) is 13.2 Å². The Balaban J connectivity index is 2.03. The van der Waals surface area contributed by atoms with Crippen molar-refractivity contribution >= 4 is 0 Å². The highest BCUT2D eigenvalue weighted by molar-refractivity contribution is 5.25. The molecule has 2 unspecified atom stereocenters. The first-order valence-electron chi connectivity index (χ1n) is 7.04. The standard InChI is InChI=1S/C16H21F3O/c1-15(2)9-3-4-13(15)14(20)10-11-5-7-12(8-6-11)16(17,18)19/h5-8,13-14,20H,3-4,9-10H2,1-2H3. The third kappa shape index (κ3) is 3.35. The predicted octanol–water partition coefficient (Wildman–Crippen LogP) is 4.44. The third-order valence-electron chi connectivity index (χ3n) is 4.53. The van der Waals surface area contributed by atoms with E-state index in [2.05, 4.69) is 13.8 Å². The van der Waals surface area contributed by atoms with Crippen molar-refractivity contribution in [1.82, 2.24) is 0 Å². The number of benzene rings is 1. The molecule has 0 bridgehead atoms. The van der Waals surface area contributed by atoms with Crippen molar-refractivity contribution in [3.8, 4) is 0 Å². The van der Waals surface area contributed by atoms with E-state index < -0.39 is 17.8 Å². The lowest BCUT2D eigenvalue weighted by molar-refractivity contribution is -0.137. The SMILES string of the molecule is CC1(C)CCCC1C(O)Cc1ccc(C(F)(F)F)cc1. The molecule has 1 aromatic carbocycles. The zero-order valence-electron chi connectivity index (χ0n) is 11.9. The Hall–Kier alpha value is -1.03. The second-order valence-corrected chi connectivity index (χ2v) is 6.45. The van der Waals surface area contributed by atoms with Crippen LogP contribution in [0.2, 0.25) is 0 Å². The van der Waals surface area contributed by atoms with Gasteiger partial charge in [-0.05, 0) is 48.3 Å². The lowest BCUT2D eigenvalue weighted by atomic mass is 9.77. The monoisotopic (exact) mass is 286 g/mol. The summed E-state index contributed by atoms with van der Waals surface area (Å²) in [6, 6.07) is 5.10. The van der Waals surface area contributed by atoms with Crippen LogP contribution in [0.15, 0.2) is 24.3 Å². The van der Waals surface area contributed by atoms with Crippen molar-refractivity contribution in [1.29, 1.82) is 0 Å². The number of aliphatic hydroxyl groups is 1. The van der Waals surface area contributed by atoms with E-state index in [9.17, 15) is 18.3 Å². The molecule has 4 heteroatoms. The van der Waals surface area contributed by atoms with Gasteiger partial charge in [0.25, 0.3) is 0 Å². The Morgan fingerprint density at radius 2 is 1.85 bits per heavy atom. The van der Waals surface area contributed by atoms with E-state index in [4.69, 9.17) is 0 Å². The first kappa shape index (κ1) is 15.4. The summed E-state index contributed by atoms with van der Waals surface area (Å²) < 4.78 is 37.4. The Morgan fingerprint density at radius 3 is 2.30 bits per heavy atom. The summed E-state index contributed by atoms with van der Waals surface area (Å²) in [5.74, 6) is 0.227. The molecule has 1 fully saturated rings. The van der Waals surface area contributed by atoms with Crippen LogP contribution in [-0.4, -0.2) is 11.2 Å². The van der Waals surface area contributed by atoms with Crippen molar-refractivity contribution in [2.24, 2.45) is 11.3 Å². The van der Waals surface area contributed by atoms with Gasteiger partial charge >= 0.3 is 6.18 Å².